The highest BCUT2D eigenvalue weighted by atomic mass is 16.5. The topological polar surface area (TPSA) is 85.4 Å². The standard InChI is InChI=1S/C21H22N4O3/c1-3-28-18-10-6-16(7-11-18)24-21-22-13-12-19(25-21)20(26)23-14-15-4-8-17(27-2)9-5-15/h4-13H,3,14H2,1-2H3,(H,23,26)(H,22,24,25). The number of hydrogen-bond donors (Lipinski definition) is 2. The average molecular weight is 378 g/mol. The maximum absolute atomic E-state index is 12.4. The number of amides is 1. The van der Waals surface area contributed by atoms with Crippen molar-refractivity contribution in [1.29, 1.82) is 0 Å². The summed E-state index contributed by atoms with van der Waals surface area (Å²) in [5.41, 5.74) is 2.06. The molecule has 0 aliphatic rings. The van der Waals surface area contributed by atoms with Gasteiger partial charge in [0, 0.05) is 18.4 Å². The fraction of sp³-hybridized carbons (Fsp3) is 0.190. The third-order valence-corrected chi connectivity index (χ3v) is 3.92. The zero-order valence-corrected chi connectivity index (χ0v) is 15.8. The van der Waals surface area contributed by atoms with Crippen LogP contribution in [0.5, 0.6) is 11.5 Å². The molecule has 7 nitrogen and oxygen atoms in total. The number of ether oxygens (including phenoxy) is 2. The molecule has 0 fully saturated rings. The van der Waals surface area contributed by atoms with E-state index in [4.69, 9.17) is 9.47 Å². The first-order chi connectivity index (χ1) is 13.7. The minimum absolute atomic E-state index is 0.270. The van der Waals surface area contributed by atoms with Crippen molar-refractivity contribution in [3.8, 4) is 11.5 Å². The first kappa shape index (κ1) is 19.2. The van der Waals surface area contributed by atoms with Crippen molar-refractivity contribution in [3.05, 3.63) is 72.1 Å². The second-order valence-corrected chi connectivity index (χ2v) is 5.88. The lowest BCUT2D eigenvalue weighted by Gasteiger charge is -2.09. The normalized spacial score (nSPS) is 10.2. The van der Waals surface area contributed by atoms with E-state index in [1.807, 2.05) is 55.5 Å². The number of hydrogen-bond acceptors (Lipinski definition) is 6. The van der Waals surface area contributed by atoms with E-state index >= 15 is 0 Å². The van der Waals surface area contributed by atoms with E-state index in [1.165, 1.54) is 0 Å². The predicted molar refractivity (Wildman–Crippen MR) is 107 cm³/mol. The Bertz CT molecular complexity index is 912. The SMILES string of the molecule is CCOc1ccc(Nc2nccc(C(=O)NCc3ccc(OC)cc3)n2)cc1. The van der Waals surface area contributed by atoms with Crippen LogP contribution in [0.1, 0.15) is 23.0 Å². The van der Waals surface area contributed by atoms with Gasteiger partial charge < -0.3 is 20.1 Å². The zero-order chi connectivity index (χ0) is 19.8. The van der Waals surface area contributed by atoms with Crippen LogP contribution in [-0.2, 0) is 6.54 Å². The first-order valence-electron chi connectivity index (χ1n) is 8.92. The van der Waals surface area contributed by atoms with Gasteiger partial charge in [-0.25, -0.2) is 9.97 Å². The largest absolute Gasteiger partial charge is 0.497 e. The van der Waals surface area contributed by atoms with Crippen molar-refractivity contribution in [2.45, 2.75) is 13.5 Å². The summed E-state index contributed by atoms with van der Waals surface area (Å²) in [6.07, 6.45) is 1.55. The zero-order valence-electron chi connectivity index (χ0n) is 15.8. The Hall–Kier alpha value is -3.61. The Morgan fingerprint density at radius 2 is 1.71 bits per heavy atom. The molecule has 2 aromatic carbocycles. The molecule has 28 heavy (non-hydrogen) atoms. The number of aromatic nitrogens is 2. The van der Waals surface area contributed by atoms with Crippen molar-refractivity contribution < 1.29 is 14.3 Å². The van der Waals surface area contributed by atoms with Gasteiger partial charge in [-0.3, -0.25) is 4.79 Å². The molecule has 0 bridgehead atoms. The van der Waals surface area contributed by atoms with E-state index in [9.17, 15) is 4.79 Å². The van der Waals surface area contributed by atoms with E-state index < -0.39 is 0 Å². The van der Waals surface area contributed by atoms with Crippen molar-refractivity contribution >= 4 is 17.5 Å². The van der Waals surface area contributed by atoms with Crippen molar-refractivity contribution in [1.82, 2.24) is 15.3 Å². The van der Waals surface area contributed by atoms with Crippen LogP contribution in [0.15, 0.2) is 60.8 Å². The molecule has 0 unspecified atom stereocenters. The number of benzene rings is 2. The van der Waals surface area contributed by atoms with E-state index in [0.29, 0.717) is 19.1 Å². The number of methoxy groups -OCH3 is 1. The highest BCUT2D eigenvalue weighted by Crippen LogP contribution is 2.18. The minimum atomic E-state index is -0.270. The molecule has 1 amide bonds. The second-order valence-electron chi connectivity index (χ2n) is 5.88. The summed E-state index contributed by atoms with van der Waals surface area (Å²) in [5.74, 6) is 1.64. The summed E-state index contributed by atoms with van der Waals surface area (Å²) < 4.78 is 10.5. The highest BCUT2D eigenvalue weighted by Gasteiger charge is 2.09. The molecular weight excluding hydrogens is 356 g/mol. The van der Waals surface area contributed by atoms with E-state index in [2.05, 4.69) is 20.6 Å². The van der Waals surface area contributed by atoms with Crippen molar-refractivity contribution in [2.75, 3.05) is 19.0 Å². The maximum atomic E-state index is 12.4. The van der Waals surface area contributed by atoms with Crippen LogP contribution in [0.4, 0.5) is 11.6 Å². The second kappa shape index (κ2) is 9.36. The van der Waals surface area contributed by atoms with Gasteiger partial charge in [0.1, 0.15) is 17.2 Å². The first-order valence-corrected chi connectivity index (χ1v) is 8.92. The van der Waals surface area contributed by atoms with Crippen LogP contribution < -0.4 is 20.1 Å². The highest BCUT2D eigenvalue weighted by molar-refractivity contribution is 5.92. The van der Waals surface area contributed by atoms with Crippen LogP contribution in [0.3, 0.4) is 0 Å². The molecule has 3 rings (SSSR count). The van der Waals surface area contributed by atoms with E-state index in [1.54, 1.807) is 19.4 Å². The predicted octanol–water partition coefficient (Wildman–Crippen LogP) is 3.56. The van der Waals surface area contributed by atoms with Crippen LogP contribution >= 0.6 is 0 Å². The van der Waals surface area contributed by atoms with Crippen molar-refractivity contribution in [2.24, 2.45) is 0 Å². The number of nitrogens with one attached hydrogen (secondary N) is 2. The lowest BCUT2D eigenvalue weighted by molar-refractivity contribution is 0.0946. The van der Waals surface area contributed by atoms with Gasteiger partial charge in [0.2, 0.25) is 5.95 Å². The third kappa shape index (κ3) is 5.20. The molecule has 0 spiro atoms. The summed E-state index contributed by atoms with van der Waals surface area (Å²) in [6.45, 7) is 2.95. The number of anilines is 2. The summed E-state index contributed by atoms with van der Waals surface area (Å²) in [6, 6.07) is 16.5. The maximum Gasteiger partial charge on any atom is 0.270 e. The van der Waals surface area contributed by atoms with E-state index in [0.717, 1.165) is 22.7 Å². The van der Waals surface area contributed by atoms with Crippen molar-refractivity contribution in [3.63, 3.8) is 0 Å². The Morgan fingerprint density at radius 1 is 1.00 bits per heavy atom. The molecular formula is C21H22N4O3. The monoisotopic (exact) mass is 378 g/mol. The Kier molecular flexibility index (Phi) is 6.41. The number of rotatable bonds is 8. The Labute approximate surface area is 163 Å². The van der Waals surface area contributed by atoms with Gasteiger partial charge in [-0.15, -0.1) is 0 Å². The average Bonchev–Trinajstić information content (AvgIpc) is 2.74. The molecule has 0 radical (unpaired) electrons. The van der Waals surface area contributed by atoms with Gasteiger partial charge in [0.15, 0.2) is 0 Å². The molecule has 0 aliphatic carbocycles. The molecule has 0 atom stereocenters. The molecule has 144 valence electrons. The van der Waals surface area contributed by atoms with Crippen LogP contribution in [0, 0.1) is 0 Å². The summed E-state index contributed by atoms with van der Waals surface area (Å²) >= 11 is 0. The summed E-state index contributed by atoms with van der Waals surface area (Å²) in [5, 5.41) is 5.93. The third-order valence-electron chi connectivity index (χ3n) is 3.92. The van der Waals surface area contributed by atoms with Gasteiger partial charge in [-0.2, -0.15) is 0 Å². The van der Waals surface area contributed by atoms with Crippen LogP contribution in [0.25, 0.3) is 0 Å². The molecule has 0 aliphatic heterocycles. The van der Waals surface area contributed by atoms with Gasteiger partial charge in [0.05, 0.1) is 13.7 Å². The molecule has 2 N–H and O–H groups in total. The molecule has 0 saturated heterocycles. The van der Waals surface area contributed by atoms with Gasteiger partial charge >= 0.3 is 0 Å². The molecule has 1 heterocycles. The van der Waals surface area contributed by atoms with E-state index in [-0.39, 0.29) is 11.6 Å². The van der Waals surface area contributed by atoms with Crippen LogP contribution in [0.2, 0.25) is 0 Å². The number of nitrogens with zero attached hydrogens (tertiary/aromatic N) is 2. The van der Waals surface area contributed by atoms with Crippen LogP contribution in [-0.4, -0.2) is 29.6 Å². The summed E-state index contributed by atoms with van der Waals surface area (Å²) in [7, 11) is 1.62. The smallest absolute Gasteiger partial charge is 0.270 e. The summed E-state index contributed by atoms with van der Waals surface area (Å²) in [4.78, 5) is 20.8. The lowest BCUT2D eigenvalue weighted by Crippen LogP contribution is -2.24. The minimum Gasteiger partial charge on any atom is -0.497 e. The number of carbonyl (C=O) groups is 1. The number of carbonyl (C=O) groups excluding carboxylic acids is 1. The lowest BCUT2D eigenvalue weighted by atomic mass is 10.2. The van der Waals surface area contributed by atoms with Gasteiger partial charge in [-0.1, -0.05) is 12.1 Å². The quantitative estimate of drug-likeness (QED) is 0.623. The fourth-order valence-electron chi connectivity index (χ4n) is 2.49. The molecule has 3 aromatic rings. The van der Waals surface area contributed by atoms with Gasteiger partial charge in [0.25, 0.3) is 5.91 Å². The Balaban J connectivity index is 1.60. The molecule has 7 heteroatoms. The molecule has 0 saturated carbocycles. The Morgan fingerprint density at radius 3 is 2.39 bits per heavy atom. The molecule has 1 aromatic heterocycles. The fourth-order valence-corrected chi connectivity index (χ4v) is 2.49. The van der Waals surface area contributed by atoms with Gasteiger partial charge in [-0.05, 0) is 55.0 Å².